The van der Waals surface area contributed by atoms with E-state index in [4.69, 9.17) is 4.74 Å². The van der Waals surface area contributed by atoms with Gasteiger partial charge in [-0.3, -0.25) is 4.79 Å². The van der Waals surface area contributed by atoms with Crippen LogP contribution in [0.15, 0.2) is 12.2 Å². The first kappa shape index (κ1) is 11.5. The van der Waals surface area contributed by atoms with Crippen molar-refractivity contribution in [1.29, 1.82) is 0 Å². The number of ketones is 1. The van der Waals surface area contributed by atoms with Gasteiger partial charge in [0, 0.05) is 11.8 Å². The maximum atomic E-state index is 12.1. The standard InChI is InChI=1S/C15H22O2/c1-10-11-5-8-14(4)15(11,17-14)9-13(2,3)7-6-12(10)16/h6-7,10-11H,5,8-9H2,1-4H3/b7-6-/t10-,11+,14+,15-/m0/s1. The van der Waals surface area contributed by atoms with E-state index in [-0.39, 0.29) is 28.3 Å². The molecule has 0 bridgehead atoms. The molecule has 2 heteroatoms. The van der Waals surface area contributed by atoms with Crippen molar-refractivity contribution in [3.05, 3.63) is 12.2 Å². The Bertz CT molecular complexity index is 409. The number of carbonyl (C=O) groups excluding carboxylic acids is 1. The molecule has 3 aliphatic rings. The van der Waals surface area contributed by atoms with Crippen LogP contribution in [-0.4, -0.2) is 17.0 Å². The van der Waals surface area contributed by atoms with E-state index in [9.17, 15) is 4.79 Å². The van der Waals surface area contributed by atoms with Crippen molar-refractivity contribution in [1.82, 2.24) is 0 Å². The summed E-state index contributed by atoms with van der Waals surface area (Å²) in [6.45, 7) is 8.72. The second kappa shape index (κ2) is 3.03. The maximum absolute atomic E-state index is 12.1. The Morgan fingerprint density at radius 1 is 1.35 bits per heavy atom. The number of hydrogen-bond acceptors (Lipinski definition) is 2. The van der Waals surface area contributed by atoms with Gasteiger partial charge >= 0.3 is 0 Å². The third-order valence-corrected chi connectivity index (χ3v) is 5.26. The molecule has 3 rings (SSSR count). The van der Waals surface area contributed by atoms with Gasteiger partial charge in [0.15, 0.2) is 5.78 Å². The monoisotopic (exact) mass is 234 g/mol. The molecule has 2 nitrogen and oxygen atoms in total. The van der Waals surface area contributed by atoms with Gasteiger partial charge in [-0.1, -0.05) is 26.8 Å². The smallest absolute Gasteiger partial charge is 0.158 e. The summed E-state index contributed by atoms with van der Waals surface area (Å²) in [5.74, 6) is 0.817. The quantitative estimate of drug-likeness (QED) is 0.603. The molecule has 2 fully saturated rings. The van der Waals surface area contributed by atoms with Crippen LogP contribution in [0.3, 0.4) is 0 Å². The summed E-state index contributed by atoms with van der Waals surface area (Å²) >= 11 is 0. The van der Waals surface area contributed by atoms with Crippen LogP contribution in [0, 0.1) is 17.3 Å². The minimum absolute atomic E-state index is 0.0175. The van der Waals surface area contributed by atoms with Crippen molar-refractivity contribution in [2.24, 2.45) is 17.3 Å². The number of allylic oxidation sites excluding steroid dienone is 2. The molecule has 4 atom stereocenters. The minimum atomic E-state index is -0.0175. The lowest BCUT2D eigenvalue weighted by Crippen LogP contribution is -2.38. The molecule has 0 aromatic heterocycles. The van der Waals surface area contributed by atoms with Gasteiger partial charge in [-0.15, -0.1) is 0 Å². The summed E-state index contributed by atoms with van der Waals surface area (Å²) in [5, 5.41) is 0. The molecule has 1 aliphatic heterocycles. The van der Waals surface area contributed by atoms with Crippen LogP contribution in [0.25, 0.3) is 0 Å². The molecule has 94 valence electrons. The second-order valence-electron chi connectivity index (χ2n) is 7.06. The summed E-state index contributed by atoms with van der Waals surface area (Å²) in [7, 11) is 0. The van der Waals surface area contributed by atoms with Crippen LogP contribution in [0.4, 0.5) is 0 Å². The van der Waals surface area contributed by atoms with Crippen LogP contribution in [0.5, 0.6) is 0 Å². The summed E-state index contributed by atoms with van der Waals surface area (Å²) in [5.41, 5.74) is 0.0984. The Morgan fingerprint density at radius 3 is 2.71 bits per heavy atom. The van der Waals surface area contributed by atoms with Crippen molar-refractivity contribution in [3.8, 4) is 0 Å². The van der Waals surface area contributed by atoms with E-state index in [1.165, 1.54) is 0 Å². The third-order valence-electron chi connectivity index (χ3n) is 5.26. The topological polar surface area (TPSA) is 29.6 Å². The Hall–Kier alpha value is -0.630. The molecule has 0 unspecified atom stereocenters. The van der Waals surface area contributed by atoms with E-state index >= 15 is 0 Å². The number of rotatable bonds is 0. The lowest BCUT2D eigenvalue weighted by atomic mass is 9.69. The number of carbonyl (C=O) groups is 1. The molecule has 0 radical (unpaired) electrons. The Morgan fingerprint density at radius 2 is 2.06 bits per heavy atom. The van der Waals surface area contributed by atoms with Gasteiger partial charge in [-0.25, -0.2) is 0 Å². The minimum Gasteiger partial charge on any atom is -0.362 e. The molecule has 2 aliphatic carbocycles. The highest BCUT2D eigenvalue weighted by molar-refractivity contribution is 5.92. The zero-order valence-corrected chi connectivity index (χ0v) is 11.2. The maximum Gasteiger partial charge on any atom is 0.158 e. The van der Waals surface area contributed by atoms with E-state index in [0.29, 0.717) is 5.92 Å². The number of epoxide rings is 1. The highest BCUT2D eigenvalue weighted by Gasteiger charge is 2.75. The Balaban J connectivity index is 2.03. The first-order chi connectivity index (χ1) is 7.80. The highest BCUT2D eigenvalue weighted by atomic mass is 16.6. The normalized spacial score (nSPS) is 53.3. The largest absolute Gasteiger partial charge is 0.362 e. The van der Waals surface area contributed by atoms with Gasteiger partial charge in [-0.05, 0) is 37.7 Å². The molecule has 0 aromatic rings. The van der Waals surface area contributed by atoms with Gasteiger partial charge in [0.25, 0.3) is 0 Å². The first-order valence-corrected chi connectivity index (χ1v) is 6.73. The van der Waals surface area contributed by atoms with Gasteiger partial charge in [0.1, 0.15) is 5.60 Å². The highest BCUT2D eigenvalue weighted by Crippen LogP contribution is 2.68. The summed E-state index contributed by atoms with van der Waals surface area (Å²) in [6, 6.07) is 0. The van der Waals surface area contributed by atoms with Crippen molar-refractivity contribution >= 4 is 5.78 Å². The van der Waals surface area contributed by atoms with Crippen LogP contribution in [0.2, 0.25) is 0 Å². The molecular weight excluding hydrogens is 212 g/mol. The average molecular weight is 234 g/mol. The van der Waals surface area contributed by atoms with E-state index in [0.717, 1.165) is 19.3 Å². The van der Waals surface area contributed by atoms with Crippen LogP contribution < -0.4 is 0 Å². The third kappa shape index (κ3) is 1.40. The average Bonchev–Trinajstić information content (AvgIpc) is 2.69. The lowest BCUT2D eigenvalue weighted by molar-refractivity contribution is -0.120. The van der Waals surface area contributed by atoms with Gasteiger partial charge in [0.2, 0.25) is 0 Å². The Kier molecular flexibility index (Phi) is 2.04. The first-order valence-electron chi connectivity index (χ1n) is 6.73. The van der Waals surface area contributed by atoms with Gasteiger partial charge < -0.3 is 4.74 Å². The van der Waals surface area contributed by atoms with E-state index < -0.39 is 0 Å². The predicted molar refractivity (Wildman–Crippen MR) is 66.7 cm³/mol. The fourth-order valence-electron chi connectivity index (χ4n) is 4.17. The zero-order valence-electron chi connectivity index (χ0n) is 11.2. The molecular formula is C15H22O2. The van der Waals surface area contributed by atoms with E-state index in [1.54, 1.807) is 6.08 Å². The number of ether oxygens (including phenoxy) is 1. The predicted octanol–water partition coefficient (Wildman–Crippen LogP) is 3.12. The molecule has 1 saturated carbocycles. The van der Waals surface area contributed by atoms with Crippen molar-refractivity contribution in [2.75, 3.05) is 0 Å². The number of hydrogen-bond donors (Lipinski definition) is 0. The summed E-state index contributed by atoms with van der Waals surface area (Å²) < 4.78 is 6.14. The van der Waals surface area contributed by atoms with Crippen molar-refractivity contribution in [3.63, 3.8) is 0 Å². The SMILES string of the molecule is C[C@@H]1C(=O)/C=C\C(C)(C)C[C@@]23O[C@]2(C)CC[C@H]13. The molecule has 0 aromatic carbocycles. The fraction of sp³-hybridized carbons (Fsp3) is 0.800. The van der Waals surface area contributed by atoms with Crippen LogP contribution >= 0.6 is 0 Å². The fourth-order valence-corrected chi connectivity index (χ4v) is 4.17. The summed E-state index contributed by atoms with van der Waals surface area (Å²) in [4.78, 5) is 12.1. The molecule has 17 heavy (non-hydrogen) atoms. The molecule has 1 spiro atoms. The Labute approximate surface area is 103 Å². The van der Waals surface area contributed by atoms with E-state index in [1.807, 2.05) is 0 Å². The summed E-state index contributed by atoms with van der Waals surface area (Å²) in [6.07, 6.45) is 7.20. The van der Waals surface area contributed by atoms with Crippen molar-refractivity contribution < 1.29 is 9.53 Å². The molecule has 1 saturated heterocycles. The van der Waals surface area contributed by atoms with Crippen LogP contribution in [-0.2, 0) is 9.53 Å². The van der Waals surface area contributed by atoms with Crippen LogP contribution in [0.1, 0.15) is 47.0 Å². The molecule has 1 heterocycles. The van der Waals surface area contributed by atoms with Gasteiger partial charge in [0.05, 0.1) is 5.60 Å². The molecule has 0 amide bonds. The van der Waals surface area contributed by atoms with Crippen molar-refractivity contribution in [2.45, 2.75) is 58.2 Å². The zero-order chi connectivity index (χ0) is 12.5. The van der Waals surface area contributed by atoms with E-state index in [2.05, 4.69) is 33.8 Å². The lowest BCUT2D eigenvalue weighted by Gasteiger charge is -2.33. The van der Waals surface area contributed by atoms with Gasteiger partial charge in [-0.2, -0.15) is 0 Å². The second-order valence-corrected chi connectivity index (χ2v) is 7.06. The molecule has 0 N–H and O–H groups in total.